The summed E-state index contributed by atoms with van der Waals surface area (Å²) in [6.45, 7) is 3.01. The van der Waals surface area contributed by atoms with E-state index in [2.05, 4.69) is 33.8 Å². The molecule has 0 fully saturated rings. The van der Waals surface area contributed by atoms with Gasteiger partial charge in [-0.2, -0.15) is 5.26 Å². The quantitative estimate of drug-likeness (QED) is 0.793. The molecule has 0 unspecified atom stereocenters. The number of hydrogen-bond donors (Lipinski definition) is 0. The molecular weight excluding hydrogens is 228 g/mol. The van der Waals surface area contributed by atoms with E-state index in [9.17, 15) is 0 Å². The Hall–Kier alpha value is -1.01. The summed E-state index contributed by atoms with van der Waals surface area (Å²) >= 11 is 3.37. The van der Waals surface area contributed by atoms with Gasteiger partial charge in [-0.3, -0.25) is 0 Å². The lowest BCUT2D eigenvalue weighted by Crippen LogP contribution is -2.15. The van der Waals surface area contributed by atoms with Gasteiger partial charge >= 0.3 is 0 Å². The van der Waals surface area contributed by atoms with Crippen molar-refractivity contribution < 1.29 is 0 Å². The Morgan fingerprint density at radius 1 is 1.46 bits per heavy atom. The van der Waals surface area contributed by atoms with Crippen LogP contribution in [-0.2, 0) is 0 Å². The Morgan fingerprint density at radius 2 is 2.15 bits per heavy atom. The molecule has 0 saturated heterocycles. The average molecular weight is 239 g/mol. The van der Waals surface area contributed by atoms with Crippen LogP contribution in [0.2, 0.25) is 0 Å². The van der Waals surface area contributed by atoms with Crippen LogP contribution in [0.4, 0.5) is 5.69 Å². The summed E-state index contributed by atoms with van der Waals surface area (Å²) in [5.74, 6) is 0. The molecule has 0 heterocycles. The molecule has 1 aromatic rings. The van der Waals surface area contributed by atoms with Crippen LogP contribution in [0.1, 0.15) is 12.5 Å². The van der Waals surface area contributed by atoms with Crippen LogP contribution in [0.5, 0.6) is 0 Å². The predicted molar refractivity (Wildman–Crippen MR) is 57.8 cm³/mol. The summed E-state index contributed by atoms with van der Waals surface area (Å²) in [4.78, 5) is 2.09. The molecule has 0 saturated carbocycles. The summed E-state index contributed by atoms with van der Waals surface area (Å²) < 4.78 is 0.946. The standard InChI is InChI=1S/C10H11BrN2/c1-3-13(2)10-5-8(7-12)4-9(11)6-10/h4-6H,3H2,1-2H3. The van der Waals surface area contributed by atoms with Crippen molar-refractivity contribution in [1.82, 2.24) is 0 Å². The van der Waals surface area contributed by atoms with Gasteiger partial charge in [-0.25, -0.2) is 0 Å². The van der Waals surface area contributed by atoms with Crippen molar-refractivity contribution in [2.24, 2.45) is 0 Å². The molecule has 3 heteroatoms. The van der Waals surface area contributed by atoms with Gasteiger partial charge in [-0.1, -0.05) is 15.9 Å². The second-order valence-electron chi connectivity index (χ2n) is 2.82. The van der Waals surface area contributed by atoms with E-state index >= 15 is 0 Å². The summed E-state index contributed by atoms with van der Waals surface area (Å²) in [5, 5.41) is 8.75. The minimum absolute atomic E-state index is 0.685. The molecule has 0 bridgehead atoms. The Balaban J connectivity index is 3.10. The van der Waals surface area contributed by atoms with E-state index < -0.39 is 0 Å². The Morgan fingerprint density at radius 3 is 2.69 bits per heavy atom. The van der Waals surface area contributed by atoms with Crippen molar-refractivity contribution in [1.29, 1.82) is 5.26 Å². The molecule has 2 nitrogen and oxygen atoms in total. The molecule has 1 rings (SSSR count). The highest BCUT2D eigenvalue weighted by molar-refractivity contribution is 9.10. The molecule has 0 spiro atoms. The maximum atomic E-state index is 8.75. The van der Waals surface area contributed by atoms with Crippen LogP contribution in [0.15, 0.2) is 22.7 Å². The molecule has 0 aliphatic heterocycles. The first kappa shape index (κ1) is 10.1. The lowest BCUT2D eigenvalue weighted by molar-refractivity contribution is 0.967. The second-order valence-corrected chi connectivity index (χ2v) is 3.74. The van der Waals surface area contributed by atoms with Crippen LogP contribution in [-0.4, -0.2) is 13.6 Å². The zero-order valence-corrected chi connectivity index (χ0v) is 9.30. The second kappa shape index (κ2) is 4.29. The number of nitriles is 1. The molecular formula is C10H11BrN2. The molecule has 0 aliphatic rings. The average Bonchev–Trinajstić information content (AvgIpc) is 2.15. The van der Waals surface area contributed by atoms with Crippen molar-refractivity contribution in [3.05, 3.63) is 28.2 Å². The zero-order chi connectivity index (χ0) is 9.84. The molecule has 0 N–H and O–H groups in total. The minimum Gasteiger partial charge on any atom is -0.375 e. The summed E-state index contributed by atoms with van der Waals surface area (Å²) in [5.41, 5.74) is 1.75. The van der Waals surface area contributed by atoms with Gasteiger partial charge in [0.05, 0.1) is 11.6 Å². The third-order valence-electron chi connectivity index (χ3n) is 1.93. The van der Waals surface area contributed by atoms with Gasteiger partial charge < -0.3 is 4.90 Å². The third kappa shape index (κ3) is 2.46. The zero-order valence-electron chi connectivity index (χ0n) is 7.71. The van der Waals surface area contributed by atoms with Crippen LogP contribution in [0.25, 0.3) is 0 Å². The number of hydrogen-bond acceptors (Lipinski definition) is 2. The van der Waals surface area contributed by atoms with Crippen LogP contribution < -0.4 is 4.90 Å². The lowest BCUT2D eigenvalue weighted by Gasteiger charge is -2.17. The van der Waals surface area contributed by atoms with Gasteiger partial charge in [0.2, 0.25) is 0 Å². The fourth-order valence-electron chi connectivity index (χ4n) is 1.04. The van der Waals surface area contributed by atoms with Gasteiger partial charge in [0.15, 0.2) is 0 Å². The van der Waals surface area contributed by atoms with E-state index in [0.29, 0.717) is 5.56 Å². The fraction of sp³-hybridized carbons (Fsp3) is 0.300. The van der Waals surface area contributed by atoms with Crippen molar-refractivity contribution in [3.63, 3.8) is 0 Å². The molecule has 0 aliphatic carbocycles. The number of rotatable bonds is 2. The van der Waals surface area contributed by atoms with Crippen molar-refractivity contribution >= 4 is 21.6 Å². The van der Waals surface area contributed by atoms with Crippen molar-refractivity contribution in [2.45, 2.75) is 6.92 Å². The lowest BCUT2D eigenvalue weighted by atomic mass is 10.2. The van der Waals surface area contributed by atoms with E-state index in [1.807, 2.05) is 25.2 Å². The highest BCUT2D eigenvalue weighted by Gasteiger charge is 2.01. The molecule has 0 atom stereocenters. The van der Waals surface area contributed by atoms with E-state index in [1.165, 1.54) is 0 Å². The van der Waals surface area contributed by atoms with Crippen LogP contribution >= 0.6 is 15.9 Å². The van der Waals surface area contributed by atoms with Crippen LogP contribution in [0.3, 0.4) is 0 Å². The van der Waals surface area contributed by atoms with E-state index in [-0.39, 0.29) is 0 Å². The smallest absolute Gasteiger partial charge is 0.0992 e. The summed E-state index contributed by atoms with van der Waals surface area (Å²) in [6.07, 6.45) is 0. The Bertz CT molecular complexity index is 341. The molecule has 13 heavy (non-hydrogen) atoms. The normalized spacial score (nSPS) is 9.38. The summed E-state index contributed by atoms with van der Waals surface area (Å²) in [7, 11) is 2.00. The number of benzene rings is 1. The van der Waals surface area contributed by atoms with Crippen LogP contribution in [0, 0.1) is 11.3 Å². The maximum Gasteiger partial charge on any atom is 0.0992 e. The highest BCUT2D eigenvalue weighted by Crippen LogP contribution is 2.21. The third-order valence-corrected chi connectivity index (χ3v) is 2.38. The minimum atomic E-state index is 0.685. The maximum absolute atomic E-state index is 8.75. The Labute approximate surface area is 86.9 Å². The van der Waals surface area contributed by atoms with E-state index in [4.69, 9.17) is 5.26 Å². The number of nitrogens with zero attached hydrogens (tertiary/aromatic N) is 2. The monoisotopic (exact) mass is 238 g/mol. The summed E-state index contributed by atoms with van der Waals surface area (Å²) in [6, 6.07) is 7.83. The first-order valence-corrected chi connectivity index (χ1v) is 4.88. The largest absolute Gasteiger partial charge is 0.375 e. The highest BCUT2D eigenvalue weighted by atomic mass is 79.9. The molecule has 0 amide bonds. The molecule has 68 valence electrons. The first-order chi connectivity index (χ1) is 6.17. The SMILES string of the molecule is CCN(C)c1cc(Br)cc(C#N)c1. The Kier molecular flexibility index (Phi) is 3.32. The molecule has 0 aromatic heterocycles. The van der Waals surface area contributed by atoms with Gasteiger partial charge in [0.25, 0.3) is 0 Å². The van der Waals surface area contributed by atoms with Crippen molar-refractivity contribution in [3.8, 4) is 6.07 Å². The van der Waals surface area contributed by atoms with Crippen molar-refractivity contribution in [2.75, 3.05) is 18.5 Å². The fourth-order valence-corrected chi connectivity index (χ4v) is 1.52. The van der Waals surface area contributed by atoms with E-state index in [1.54, 1.807) is 0 Å². The molecule has 0 radical (unpaired) electrons. The van der Waals surface area contributed by atoms with E-state index in [0.717, 1.165) is 16.7 Å². The van der Waals surface area contributed by atoms with Gasteiger partial charge in [-0.15, -0.1) is 0 Å². The first-order valence-electron chi connectivity index (χ1n) is 4.09. The van der Waals surface area contributed by atoms with Gasteiger partial charge in [0, 0.05) is 23.8 Å². The predicted octanol–water partition coefficient (Wildman–Crippen LogP) is 2.78. The molecule has 1 aromatic carbocycles. The number of halogens is 1. The number of anilines is 1. The van der Waals surface area contributed by atoms with Gasteiger partial charge in [-0.05, 0) is 25.1 Å². The van der Waals surface area contributed by atoms with Gasteiger partial charge in [0.1, 0.15) is 0 Å². The topological polar surface area (TPSA) is 27.0 Å².